The van der Waals surface area contributed by atoms with Gasteiger partial charge in [-0.05, 0) is 50.6 Å². The summed E-state index contributed by atoms with van der Waals surface area (Å²) in [5, 5.41) is 2.80. The van der Waals surface area contributed by atoms with Crippen LogP contribution >= 0.6 is 0 Å². The van der Waals surface area contributed by atoms with Gasteiger partial charge in [0.05, 0.1) is 0 Å². The molecule has 1 aromatic heterocycles. The minimum Gasteiger partial charge on any atom is -0.344 e. The van der Waals surface area contributed by atoms with Gasteiger partial charge >= 0.3 is 0 Å². The van der Waals surface area contributed by atoms with Crippen LogP contribution in [-0.4, -0.2) is 35.3 Å². The summed E-state index contributed by atoms with van der Waals surface area (Å²) < 4.78 is 0. The topological polar surface area (TPSA) is 75.2 Å². The Labute approximate surface area is 148 Å². The number of aromatic nitrogens is 2. The number of hydrogen-bond donors (Lipinski definition) is 1. The maximum atomic E-state index is 12.5. The highest BCUT2D eigenvalue weighted by Gasteiger charge is 2.13. The zero-order valence-electron chi connectivity index (χ0n) is 15.2. The van der Waals surface area contributed by atoms with Crippen molar-refractivity contribution in [1.29, 1.82) is 0 Å². The molecular formula is C19H24N4O2. The number of nitrogens with one attached hydrogen (secondary N) is 1. The zero-order valence-corrected chi connectivity index (χ0v) is 15.2. The first-order valence-electron chi connectivity index (χ1n) is 8.40. The molecule has 2 aromatic rings. The van der Waals surface area contributed by atoms with Gasteiger partial charge in [0.25, 0.3) is 5.91 Å². The van der Waals surface area contributed by atoms with Crippen LogP contribution in [-0.2, 0) is 0 Å². The van der Waals surface area contributed by atoms with Gasteiger partial charge in [0.2, 0.25) is 5.95 Å². The highest BCUT2D eigenvalue weighted by molar-refractivity contribution is 6.03. The zero-order chi connectivity index (χ0) is 18.4. The summed E-state index contributed by atoms with van der Waals surface area (Å²) >= 11 is 0. The van der Waals surface area contributed by atoms with E-state index in [2.05, 4.69) is 22.2 Å². The molecule has 1 heterocycles. The molecule has 1 amide bonds. The lowest BCUT2D eigenvalue weighted by Crippen LogP contribution is -2.23. The van der Waals surface area contributed by atoms with Gasteiger partial charge in [0, 0.05) is 30.5 Å². The summed E-state index contributed by atoms with van der Waals surface area (Å²) in [6.07, 6.45) is 2.12. The minimum atomic E-state index is -0.300. The molecule has 0 aliphatic carbocycles. The monoisotopic (exact) mass is 340 g/mol. The third kappa shape index (κ3) is 5.11. The van der Waals surface area contributed by atoms with E-state index in [0.29, 0.717) is 22.9 Å². The molecule has 0 atom stereocenters. The van der Waals surface area contributed by atoms with Crippen molar-refractivity contribution in [1.82, 2.24) is 9.97 Å². The summed E-state index contributed by atoms with van der Waals surface area (Å²) in [4.78, 5) is 34.5. The number of rotatable bonds is 7. The Balaban J connectivity index is 2.15. The number of benzene rings is 1. The van der Waals surface area contributed by atoms with Crippen molar-refractivity contribution in [3.8, 4) is 0 Å². The van der Waals surface area contributed by atoms with Crippen LogP contribution in [0, 0.1) is 6.92 Å². The lowest BCUT2D eigenvalue weighted by Gasteiger charge is -2.17. The van der Waals surface area contributed by atoms with Gasteiger partial charge in [-0.2, -0.15) is 0 Å². The van der Waals surface area contributed by atoms with Crippen molar-refractivity contribution in [2.45, 2.75) is 33.6 Å². The molecule has 0 spiro atoms. The van der Waals surface area contributed by atoms with Crippen molar-refractivity contribution in [3.63, 3.8) is 0 Å². The van der Waals surface area contributed by atoms with Gasteiger partial charge < -0.3 is 10.2 Å². The minimum absolute atomic E-state index is 0.0101. The molecule has 6 nitrogen and oxygen atoms in total. The maximum absolute atomic E-state index is 12.5. The van der Waals surface area contributed by atoms with Gasteiger partial charge in [-0.3, -0.25) is 9.59 Å². The number of aryl methyl sites for hydroxylation is 1. The highest BCUT2D eigenvalue weighted by atomic mass is 16.2. The normalized spacial score (nSPS) is 10.4. The van der Waals surface area contributed by atoms with E-state index in [1.807, 2.05) is 18.9 Å². The second-order valence-electron chi connectivity index (χ2n) is 6.06. The van der Waals surface area contributed by atoms with Gasteiger partial charge in [-0.1, -0.05) is 13.3 Å². The Kier molecular flexibility index (Phi) is 6.22. The molecule has 0 bridgehead atoms. The molecule has 0 unspecified atom stereocenters. The van der Waals surface area contributed by atoms with Crippen molar-refractivity contribution in [2.75, 3.05) is 23.8 Å². The van der Waals surface area contributed by atoms with E-state index in [0.717, 1.165) is 25.1 Å². The summed E-state index contributed by atoms with van der Waals surface area (Å²) in [5.74, 6) is 0.237. The first-order chi connectivity index (χ1) is 11.9. The lowest BCUT2D eigenvalue weighted by molar-refractivity contribution is 0.101. The van der Waals surface area contributed by atoms with Crippen LogP contribution < -0.4 is 10.2 Å². The fraction of sp³-hybridized carbons (Fsp3) is 0.368. The van der Waals surface area contributed by atoms with Crippen LogP contribution in [0.15, 0.2) is 30.3 Å². The molecule has 0 saturated carbocycles. The van der Waals surface area contributed by atoms with E-state index in [-0.39, 0.29) is 11.7 Å². The van der Waals surface area contributed by atoms with Crippen LogP contribution in [0.2, 0.25) is 0 Å². The Morgan fingerprint density at radius 1 is 1.16 bits per heavy atom. The summed E-state index contributed by atoms with van der Waals surface area (Å²) in [7, 11) is 1.92. The van der Waals surface area contributed by atoms with E-state index in [4.69, 9.17) is 0 Å². The van der Waals surface area contributed by atoms with Gasteiger partial charge in [-0.15, -0.1) is 0 Å². The molecular weight excluding hydrogens is 316 g/mol. The molecule has 25 heavy (non-hydrogen) atoms. The maximum Gasteiger partial charge on any atom is 0.274 e. The number of carbonyl (C=O) groups is 2. The smallest absolute Gasteiger partial charge is 0.274 e. The van der Waals surface area contributed by atoms with Crippen LogP contribution in [0.4, 0.5) is 11.6 Å². The van der Waals surface area contributed by atoms with Crippen molar-refractivity contribution in [2.24, 2.45) is 0 Å². The molecule has 1 N–H and O–H groups in total. The molecule has 1 aromatic carbocycles. The van der Waals surface area contributed by atoms with E-state index in [1.165, 1.54) is 6.92 Å². The number of nitrogens with zero attached hydrogens (tertiary/aromatic N) is 3. The molecule has 0 fully saturated rings. The average molecular weight is 340 g/mol. The Bertz CT molecular complexity index is 757. The van der Waals surface area contributed by atoms with Crippen molar-refractivity contribution >= 4 is 23.3 Å². The van der Waals surface area contributed by atoms with Gasteiger partial charge in [-0.25, -0.2) is 9.97 Å². The average Bonchev–Trinajstić information content (AvgIpc) is 2.59. The van der Waals surface area contributed by atoms with Crippen LogP contribution in [0.25, 0.3) is 0 Å². The van der Waals surface area contributed by atoms with Gasteiger partial charge in [0.1, 0.15) is 5.69 Å². The fourth-order valence-electron chi connectivity index (χ4n) is 2.32. The third-order valence-corrected chi connectivity index (χ3v) is 3.81. The third-order valence-electron chi connectivity index (χ3n) is 3.81. The number of Topliss-reactive ketones (excluding diaryl/α,β-unsaturated/α-hetero) is 1. The number of hydrogen-bond acceptors (Lipinski definition) is 5. The van der Waals surface area contributed by atoms with Crippen molar-refractivity contribution in [3.05, 3.63) is 47.3 Å². The molecule has 2 rings (SSSR count). The standard InChI is InChI=1S/C19H24N4O2/c1-5-6-11-23(4)19-20-13(2)12-17(22-19)18(25)21-16-9-7-15(8-10-16)14(3)24/h7-10,12H,5-6,11H2,1-4H3,(H,21,25). The predicted molar refractivity (Wildman–Crippen MR) is 99.3 cm³/mol. The van der Waals surface area contributed by atoms with Crippen LogP contribution in [0.5, 0.6) is 0 Å². The molecule has 132 valence electrons. The summed E-state index contributed by atoms with van der Waals surface area (Å²) in [5.41, 5.74) is 2.29. The van der Waals surface area contributed by atoms with Gasteiger partial charge in [0.15, 0.2) is 5.78 Å². The van der Waals surface area contributed by atoms with E-state index in [1.54, 1.807) is 30.3 Å². The van der Waals surface area contributed by atoms with Crippen LogP contribution in [0.3, 0.4) is 0 Å². The summed E-state index contributed by atoms with van der Waals surface area (Å²) in [6.45, 7) is 6.32. The molecule has 6 heteroatoms. The fourth-order valence-corrected chi connectivity index (χ4v) is 2.32. The highest BCUT2D eigenvalue weighted by Crippen LogP contribution is 2.14. The van der Waals surface area contributed by atoms with Crippen molar-refractivity contribution < 1.29 is 9.59 Å². The lowest BCUT2D eigenvalue weighted by atomic mass is 10.1. The molecule has 0 aliphatic rings. The van der Waals surface area contributed by atoms with E-state index < -0.39 is 0 Å². The Hall–Kier alpha value is -2.76. The largest absolute Gasteiger partial charge is 0.344 e. The second kappa shape index (κ2) is 8.37. The number of unbranched alkanes of at least 4 members (excludes halogenated alkanes) is 1. The number of ketones is 1. The number of carbonyl (C=O) groups excluding carboxylic acids is 2. The molecule has 0 saturated heterocycles. The Morgan fingerprint density at radius 3 is 2.44 bits per heavy atom. The second-order valence-corrected chi connectivity index (χ2v) is 6.06. The first-order valence-corrected chi connectivity index (χ1v) is 8.40. The SMILES string of the molecule is CCCCN(C)c1nc(C)cc(C(=O)Nc2ccc(C(C)=O)cc2)n1. The number of anilines is 2. The van der Waals surface area contributed by atoms with E-state index >= 15 is 0 Å². The number of amides is 1. The molecule has 0 radical (unpaired) electrons. The van der Waals surface area contributed by atoms with E-state index in [9.17, 15) is 9.59 Å². The predicted octanol–water partition coefficient (Wildman–Crippen LogP) is 3.48. The van der Waals surface area contributed by atoms with Crippen LogP contribution in [0.1, 0.15) is 53.2 Å². The first kappa shape index (κ1) is 18.6. The summed E-state index contributed by atoms with van der Waals surface area (Å²) in [6, 6.07) is 8.45. The molecule has 0 aliphatic heterocycles. The Morgan fingerprint density at radius 2 is 1.84 bits per heavy atom. The quantitative estimate of drug-likeness (QED) is 0.781.